The van der Waals surface area contributed by atoms with Gasteiger partial charge in [-0.05, 0) is 48.0 Å². The molecule has 7 nitrogen and oxygen atoms in total. The topological polar surface area (TPSA) is 97.0 Å². The lowest BCUT2D eigenvalue weighted by Crippen LogP contribution is -2.25. The molecule has 1 amide bonds. The molecule has 4 rings (SSSR count). The maximum Gasteiger partial charge on any atom is 0.416 e. The number of aromatic nitrogens is 3. The number of carbonyl (C=O) groups excluding carboxylic acids is 1. The largest absolute Gasteiger partial charge is 0.489 e. The summed E-state index contributed by atoms with van der Waals surface area (Å²) in [6.45, 7) is -0.0192. The number of ether oxygens (including phenoxy) is 1. The number of aryl methyl sites for hydroxylation is 1. The van der Waals surface area contributed by atoms with Crippen molar-refractivity contribution in [3.63, 3.8) is 0 Å². The fourth-order valence-corrected chi connectivity index (χ4v) is 3.52. The smallest absolute Gasteiger partial charge is 0.416 e. The lowest BCUT2D eigenvalue weighted by atomic mass is 10.1. The first kappa shape index (κ1) is 26.5. The monoisotopic (exact) mass is 526 g/mol. The fourth-order valence-electron chi connectivity index (χ4n) is 3.52. The van der Waals surface area contributed by atoms with E-state index in [1.165, 1.54) is 18.2 Å². The predicted molar refractivity (Wildman–Crippen MR) is 130 cm³/mol. The molecule has 1 heterocycles. The van der Waals surface area contributed by atoms with Crippen molar-refractivity contribution >= 4 is 5.91 Å². The van der Waals surface area contributed by atoms with Crippen molar-refractivity contribution in [3.05, 3.63) is 111 Å². The Labute approximate surface area is 214 Å². The minimum atomic E-state index is -4.47. The molecule has 3 aromatic carbocycles. The number of alkyl halides is 3. The van der Waals surface area contributed by atoms with Gasteiger partial charge in [0.25, 0.3) is 5.56 Å². The summed E-state index contributed by atoms with van der Waals surface area (Å²) < 4.78 is 57.8. The van der Waals surface area contributed by atoms with Gasteiger partial charge in [-0.15, -0.1) is 10.2 Å². The molecular weight excluding hydrogens is 504 g/mol. The highest BCUT2D eigenvalue weighted by Gasteiger charge is 2.30. The Morgan fingerprint density at radius 2 is 1.74 bits per heavy atom. The maximum atomic E-state index is 13.7. The van der Waals surface area contributed by atoms with Crippen molar-refractivity contribution in [1.29, 1.82) is 0 Å². The Balaban J connectivity index is 1.29. The van der Waals surface area contributed by atoms with Crippen LogP contribution < -0.4 is 15.6 Å². The number of benzene rings is 3. The second kappa shape index (κ2) is 11.7. The summed E-state index contributed by atoms with van der Waals surface area (Å²) in [4.78, 5) is 27.2. The number of H-pyrrole nitrogens is 1. The second-order valence-electron chi connectivity index (χ2n) is 8.33. The van der Waals surface area contributed by atoms with Gasteiger partial charge in [-0.3, -0.25) is 9.59 Å². The van der Waals surface area contributed by atoms with Crippen LogP contribution in [0.5, 0.6) is 5.75 Å². The van der Waals surface area contributed by atoms with Gasteiger partial charge in [0, 0.05) is 30.5 Å². The van der Waals surface area contributed by atoms with E-state index in [1.54, 1.807) is 42.5 Å². The molecule has 0 aliphatic rings. The summed E-state index contributed by atoms with van der Waals surface area (Å²) in [7, 11) is 0. The number of halogens is 4. The summed E-state index contributed by atoms with van der Waals surface area (Å²) in [5.74, 6) is -0.0857. The van der Waals surface area contributed by atoms with E-state index < -0.39 is 23.2 Å². The zero-order valence-corrected chi connectivity index (χ0v) is 19.9. The van der Waals surface area contributed by atoms with Gasteiger partial charge >= 0.3 is 6.18 Å². The van der Waals surface area contributed by atoms with Gasteiger partial charge in [0.2, 0.25) is 5.91 Å². The van der Waals surface area contributed by atoms with Crippen LogP contribution in [0.3, 0.4) is 0 Å². The molecule has 0 unspecified atom stereocenters. The number of amides is 1. The van der Waals surface area contributed by atoms with E-state index in [4.69, 9.17) is 4.74 Å². The number of nitrogens with one attached hydrogen (secondary N) is 2. The lowest BCUT2D eigenvalue weighted by molar-refractivity contribution is -0.137. The zero-order chi connectivity index (χ0) is 27.1. The number of aromatic amines is 1. The molecule has 0 atom stereocenters. The third-order valence-electron chi connectivity index (χ3n) is 5.58. The number of carbonyl (C=O) groups is 1. The molecule has 196 valence electrons. The summed E-state index contributed by atoms with van der Waals surface area (Å²) in [6.07, 6.45) is -4.56. The molecule has 2 N–H and O–H groups in total. The molecule has 0 saturated heterocycles. The number of hydrogen-bond donors (Lipinski definition) is 2. The summed E-state index contributed by atoms with van der Waals surface area (Å²) in [6, 6.07) is 17.6. The van der Waals surface area contributed by atoms with Gasteiger partial charge in [-0.1, -0.05) is 30.3 Å². The van der Waals surface area contributed by atoms with E-state index >= 15 is 0 Å². The average molecular weight is 526 g/mol. The summed E-state index contributed by atoms with van der Waals surface area (Å²) in [5, 5.41) is 10.5. The van der Waals surface area contributed by atoms with Crippen LogP contribution in [-0.2, 0) is 30.5 Å². The Morgan fingerprint density at radius 1 is 0.974 bits per heavy atom. The van der Waals surface area contributed by atoms with Crippen LogP contribution >= 0.6 is 0 Å². The highest BCUT2D eigenvalue weighted by Crippen LogP contribution is 2.29. The van der Waals surface area contributed by atoms with Crippen LogP contribution in [0.25, 0.3) is 11.4 Å². The van der Waals surface area contributed by atoms with Crippen molar-refractivity contribution in [2.24, 2.45) is 0 Å². The van der Waals surface area contributed by atoms with Gasteiger partial charge in [0.1, 0.15) is 23.9 Å². The lowest BCUT2D eigenvalue weighted by Gasteiger charge is -2.09. The van der Waals surface area contributed by atoms with Crippen LogP contribution in [0.2, 0.25) is 0 Å². The average Bonchev–Trinajstić information content (AvgIpc) is 2.91. The van der Waals surface area contributed by atoms with Crippen LogP contribution in [0.4, 0.5) is 17.6 Å². The minimum absolute atomic E-state index is 0.000138. The van der Waals surface area contributed by atoms with Gasteiger partial charge in [0.05, 0.1) is 5.56 Å². The Hall–Kier alpha value is -4.54. The predicted octanol–water partition coefficient (Wildman–Crippen LogP) is 4.82. The van der Waals surface area contributed by atoms with E-state index in [1.807, 2.05) is 0 Å². The first-order valence-corrected chi connectivity index (χ1v) is 11.5. The minimum Gasteiger partial charge on any atom is -0.489 e. The Bertz CT molecular complexity index is 1470. The third-order valence-corrected chi connectivity index (χ3v) is 5.58. The molecule has 4 aromatic rings. The zero-order valence-electron chi connectivity index (χ0n) is 19.9. The van der Waals surface area contributed by atoms with Gasteiger partial charge < -0.3 is 15.0 Å². The SMILES string of the molecule is O=C(CCc1nnc(-c2ccc(OCc3ccccc3F)cc2)[nH]c1=O)NCc1cccc(C(F)(F)F)c1. The fraction of sp³-hybridized carbons (Fsp3) is 0.185. The molecular formula is C27H22F4N4O3. The molecule has 0 aliphatic heterocycles. The summed E-state index contributed by atoms with van der Waals surface area (Å²) in [5.41, 5.74) is 0.0352. The van der Waals surface area contributed by atoms with Crippen LogP contribution in [0, 0.1) is 5.82 Å². The van der Waals surface area contributed by atoms with E-state index in [0.717, 1.165) is 12.1 Å². The first-order valence-electron chi connectivity index (χ1n) is 11.5. The van der Waals surface area contributed by atoms with E-state index in [2.05, 4.69) is 20.5 Å². The van der Waals surface area contributed by atoms with E-state index in [0.29, 0.717) is 22.4 Å². The highest BCUT2D eigenvalue weighted by molar-refractivity contribution is 5.76. The van der Waals surface area contributed by atoms with Gasteiger partial charge in [-0.2, -0.15) is 13.2 Å². The first-order chi connectivity index (χ1) is 18.2. The molecule has 38 heavy (non-hydrogen) atoms. The molecule has 1 aromatic heterocycles. The molecule has 0 aliphatic carbocycles. The van der Waals surface area contributed by atoms with Crippen molar-refractivity contribution in [3.8, 4) is 17.1 Å². The Kier molecular flexibility index (Phi) is 8.15. The summed E-state index contributed by atoms with van der Waals surface area (Å²) >= 11 is 0. The van der Waals surface area contributed by atoms with Crippen LogP contribution in [0.15, 0.2) is 77.6 Å². The number of nitrogens with zero attached hydrogens (tertiary/aromatic N) is 2. The van der Waals surface area contributed by atoms with Crippen molar-refractivity contribution < 1.29 is 27.1 Å². The van der Waals surface area contributed by atoms with Crippen LogP contribution in [-0.4, -0.2) is 21.1 Å². The Morgan fingerprint density at radius 3 is 2.45 bits per heavy atom. The quantitative estimate of drug-likeness (QED) is 0.305. The van der Waals surface area contributed by atoms with Crippen LogP contribution in [0.1, 0.15) is 28.8 Å². The van der Waals surface area contributed by atoms with Crippen molar-refractivity contribution in [2.45, 2.75) is 32.2 Å². The number of rotatable bonds is 9. The molecule has 0 bridgehead atoms. The molecule has 0 radical (unpaired) electrons. The molecule has 0 spiro atoms. The maximum absolute atomic E-state index is 13.7. The standard InChI is InChI=1S/C27H22F4N4O3/c28-22-7-2-1-5-19(22)16-38-21-10-8-18(9-11-21)25-33-26(37)23(34-35-25)12-13-24(36)32-15-17-4-3-6-20(14-17)27(29,30)31/h1-11,14H,12-13,15-16H2,(H,32,36)(H,33,35,37). The molecule has 11 heteroatoms. The molecule has 0 fully saturated rings. The van der Waals surface area contributed by atoms with E-state index in [-0.39, 0.29) is 43.3 Å². The molecule has 0 saturated carbocycles. The third kappa shape index (κ3) is 7.02. The van der Waals surface area contributed by atoms with E-state index in [9.17, 15) is 27.2 Å². The van der Waals surface area contributed by atoms with Crippen molar-refractivity contribution in [2.75, 3.05) is 0 Å². The van der Waals surface area contributed by atoms with Gasteiger partial charge in [0.15, 0.2) is 5.82 Å². The highest BCUT2D eigenvalue weighted by atomic mass is 19.4. The number of hydrogen-bond acceptors (Lipinski definition) is 5. The second-order valence-corrected chi connectivity index (χ2v) is 8.33. The van der Waals surface area contributed by atoms with Gasteiger partial charge in [-0.25, -0.2) is 4.39 Å². The normalized spacial score (nSPS) is 11.3. The van der Waals surface area contributed by atoms with Crippen molar-refractivity contribution in [1.82, 2.24) is 20.5 Å².